The Morgan fingerprint density at radius 2 is 1.67 bits per heavy atom. The van der Waals surface area contributed by atoms with Gasteiger partial charge in [0.25, 0.3) is 0 Å². The Labute approximate surface area is 128 Å². The molecule has 0 bridgehead atoms. The first kappa shape index (κ1) is 15.6. The van der Waals surface area contributed by atoms with Gasteiger partial charge in [0.05, 0.1) is 0 Å². The number of ether oxygens (including phenoxy) is 1. The van der Waals surface area contributed by atoms with Crippen LogP contribution in [-0.4, -0.2) is 12.6 Å². The molecule has 0 heterocycles. The first-order valence-corrected chi connectivity index (χ1v) is 7.70. The van der Waals surface area contributed by atoms with Gasteiger partial charge in [-0.3, -0.25) is 0 Å². The molecule has 2 aromatic rings. The van der Waals surface area contributed by atoms with Crippen LogP contribution in [0.3, 0.4) is 0 Å². The van der Waals surface area contributed by atoms with Crippen molar-refractivity contribution in [1.82, 2.24) is 5.32 Å². The number of hydrogen-bond donors (Lipinski definition) is 1. The Morgan fingerprint density at radius 3 is 2.29 bits per heavy atom. The molecule has 0 saturated carbocycles. The third kappa shape index (κ3) is 4.91. The van der Waals surface area contributed by atoms with Gasteiger partial charge in [-0.25, -0.2) is 0 Å². The second-order valence-electron chi connectivity index (χ2n) is 5.50. The normalized spacial score (nSPS) is 13.7. The van der Waals surface area contributed by atoms with E-state index in [1.54, 1.807) is 0 Å². The maximum Gasteiger partial charge on any atom is 0.119 e. The van der Waals surface area contributed by atoms with Gasteiger partial charge >= 0.3 is 0 Å². The van der Waals surface area contributed by atoms with Crippen LogP contribution in [0.2, 0.25) is 0 Å². The van der Waals surface area contributed by atoms with Crippen LogP contribution in [0.4, 0.5) is 0 Å². The van der Waals surface area contributed by atoms with E-state index in [1.165, 1.54) is 11.1 Å². The lowest BCUT2D eigenvalue weighted by molar-refractivity contribution is 0.189. The largest absolute Gasteiger partial charge is 0.489 e. The summed E-state index contributed by atoms with van der Waals surface area (Å²) in [6, 6.07) is 19.1. The van der Waals surface area contributed by atoms with Gasteiger partial charge in [0.15, 0.2) is 0 Å². The molecule has 0 fully saturated rings. The number of aryl methyl sites for hydroxylation is 1. The highest BCUT2D eigenvalue weighted by atomic mass is 16.5. The molecule has 0 aromatic heterocycles. The van der Waals surface area contributed by atoms with E-state index in [0.29, 0.717) is 6.04 Å². The van der Waals surface area contributed by atoms with E-state index in [0.717, 1.165) is 18.7 Å². The van der Waals surface area contributed by atoms with Crippen molar-refractivity contribution in [3.63, 3.8) is 0 Å². The average Bonchev–Trinajstić information content (AvgIpc) is 2.53. The van der Waals surface area contributed by atoms with Crippen LogP contribution in [0.5, 0.6) is 5.75 Å². The van der Waals surface area contributed by atoms with Gasteiger partial charge in [-0.05, 0) is 38.0 Å². The van der Waals surface area contributed by atoms with Gasteiger partial charge in [-0.2, -0.15) is 0 Å². The maximum absolute atomic E-state index is 6.04. The predicted octanol–water partition coefficient (Wildman–Crippen LogP) is 4.50. The minimum atomic E-state index is 0.193. The number of nitrogens with one attached hydrogen (secondary N) is 1. The van der Waals surface area contributed by atoms with Crippen molar-refractivity contribution in [3.05, 3.63) is 65.7 Å². The molecule has 2 aromatic carbocycles. The van der Waals surface area contributed by atoms with E-state index in [4.69, 9.17) is 4.74 Å². The van der Waals surface area contributed by atoms with Gasteiger partial charge in [-0.1, -0.05) is 55.0 Å². The molecule has 2 nitrogen and oxygen atoms in total. The highest BCUT2D eigenvalue weighted by Crippen LogP contribution is 2.16. The zero-order valence-electron chi connectivity index (χ0n) is 13.2. The SMILES string of the molecule is CCC(CNC(C)c1ccccc1)Oc1ccc(C)cc1. The second kappa shape index (κ2) is 7.84. The van der Waals surface area contributed by atoms with E-state index in [1.807, 2.05) is 18.2 Å². The zero-order chi connectivity index (χ0) is 15.1. The van der Waals surface area contributed by atoms with Gasteiger partial charge in [0.1, 0.15) is 11.9 Å². The first-order chi connectivity index (χ1) is 10.2. The summed E-state index contributed by atoms with van der Waals surface area (Å²) in [6.07, 6.45) is 1.18. The predicted molar refractivity (Wildman–Crippen MR) is 88.7 cm³/mol. The monoisotopic (exact) mass is 283 g/mol. The van der Waals surface area contributed by atoms with E-state index >= 15 is 0 Å². The van der Waals surface area contributed by atoms with Crippen molar-refractivity contribution in [2.45, 2.75) is 39.3 Å². The quantitative estimate of drug-likeness (QED) is 0.807. The van der Waals surface area contributed by atoms with Crippen LogP contribution in [0.25, 0.3) is 0 Å². The highest BCUT2D eigenvalue weighted by molar-refractivity contribution is 5.26. The first-order valence-electron chi connectivity index (χ1n) is 7.70. The lowest BCUT2D eigenvalue weighted by Crippen LogP contribution is -2.32. The maximum atomic E-state index is 6.04. The molecule has 1 N–H and O–H groups in total. The van der Waals surface area contributed by atoms with E-state index < -0.39 is 0 Å². The van der Waals surface area contributed by atoms with Crippen molar-refractivity contribution < 1.29 is 4.74 Å². The van der Waals surface area contributed by atoms with Crippen molar-refractivity contribution in [2.75, 3.05) is 6.54 Å². The molecule has 0 aliphatic heterocycles. The minimum Gasteiger partial charge on any atom is -0.489 e. The summed E-state index contributed by atoms with van der Waals surface area (Å²) in [5, 5.41) is 3.56. The van der Waals surface area contributed by atoms with E-state index in [-0.39, 0.29) is 6.10 Å². The van der Waals surface area contributed by atoms with Crippen molar-refractivity contribution in [1.29, 1.82) is 0 Å². The lowest BCUT2D eigenvalue weighted by atomic mass is 10.1. The summed E-state index contributed by atoms with van der Waals surface area (Å²) in [6.45, 7) is 7.28. The molecule has 2 rings (SSSR count). The molecule has 0 aliphatic carbocycles. The molecule has 2 unspecified atom stereocenters. The third-order valence-corrected chi connectivity index (χ3v) is 3.73. The molecule has 0 radical (unpaired) electrons. The summed E-state index contributed by atoms with van der Waals surface area (Å²) in [5.41, 5.74) is 2.56. The van der Waals surface area contributed by atoms with Gasteiger partial charge in [0, 0.05) is 12.6 Å². The van der Waals surface area contributed by atoms with Crippen LogP contribution in [-0.2, 0) is 0 Å². The Hall–Kier alpha value is -1.80. The Morgan fingerprint density at radius 1 is 1.00 bits per heavy atom. The molecule has 21 heavy (non-hydrogen) atoms. The lowest BCUT2D eigenvalue weighted by Gasteiger charge is -2.21. The Kier molecular flexibility index (Phi) is 5.82. The minimum absolute atomic E-state index is 0.193. The van der Waals surface area contributed by atoms with E-state index in [9.17, 15) is 0 Å². The van der Waals surface area contributed by atoms with Gasteiger partial charge in [-0.15, -0.1) is 0 Å². The fourth-order valence-electron chi connectivity index (χ4n) is 2.25. The van der Waals surface area contributed by atoms with Crippen LogP contribution in [0.15, 0.2) is 54.6 Å². The van der Waals surface area contributed by atoms with Crippen molar-refractivity contribution >= 4 is 0 Å². The van der Waals surface area contributed by atoms with E-state index in [2.05, 4.69) is 62.5 Å². The molecule has 0 aliphatic rings. The van der Waals surface area contributed by atoms with Crippen LogP contribution >= 0.6 is 0 Å². The number of rotatable bonds is 7. The third-order valence-electron chi connectivity index (χ3n) is 3.73. The molecule has 0 saturated heterocycles. The summed E-state index contributed by atoms with van der Waals surface area (Å²) >= 11 is 0. The van der Waals surface area contributed by atoms with Crippen molar-refractivity contribution in [2.24, 2.45) is 0 Å². The van der Waals surface area contributed by atoms with Gasteiger partial charge in [0.2, 0.25) is 0 Å². The fourth-order valence-corrected chi connectivity index (χ4v) is 2.25. The molecule has 0 amide bonds. The van der Waals surface area contributed by atoms with Gasteiger partial charge < -0.3 is 10.1 Å². The molecular formula is C19H25NO. The average molecular weight is 283 g/mol. The summed E-state index contributed by atoms with van der Waals surface area (Å²) in [4.78, 5) is 0. The molecule has 112 valence electrons. The molecule has 2 heteroatoms. The highest BCUT2D eigenvalue weighted by Gasteiger charge is 2.11. The molecule has 2 atom stereocenters. The van der Waals surface area contributed by atoms with Crippen LogP contribution in [0, 0.1) is 6.92 Å². The topological polar surface area (TPSA) is 21.3 Å². The summed E-state index contributed by atoms with van der Waals surface area (Å²) in [5.74, 6) is 0.946. The van der Waals surface area contributed by atoms with Crippen molar-refractivity contribution in [3.8, 4) is 5.75 Å². The van der Waals surface area contributed by atoms with Crippen LogP contribution in [0.1, 0.15) is 37.4 Å². The number of benzene rings is 2. The standard InChI is InChI=1S/C19H25NO/c1-4-18(21-19-12-10-15(2)11-13-19)14-20-16(3)17-8-6-5-7-9-17/h5-13,16,18,20H,4,14H2,1-3H3. The molecule has 0 spiro atoms. The Bertz CT molecular complexity index is 521. The summed E-state index contributed by atoms with van der Waals surface area (Å²) in [7, 11) is 0. The molecular weight excluding hydrogens is 258 g/mol. The fraction of sp³-hybridized carbons (Fsp3) is 0.368. The zero-order valence-corrected chi connectivity index (χ0v) is 13.2. The van der Waals surface area contributed by atoms with Crippen LogP contribution < -0.4 is 10.1 Å². The summed E-state index contributed by atoms with van der Waals surface area (Å²) < 4.78 is 6.04. The second-order valence-corrected chi connectivity index (χ2v) is 5.50. The Balaban J connectivity index is 1.86. The number of hydrogen-bond acceptors (Lipinski definition) is 2. The smallest absolute Gasteiger partial charge is 0.119 e.